The number of aromatic amines is 1. The van der Waals surface area contributed by atoms with Gasteiger partial charge in [0.1, 0.15) is 5.69 Å². The molecule has 3 aromatic rings. The largest absolute Gasteiger partial charge is 0.351 e. The standard InChI is InChI=1S/C19H19N5O/c1-24-12-15(11-21-24)19(6-2-3-7-19)23-18(25)17-9-14-8-13(10-20)4-5-16(14)22-17/h4-5,8-9,11-12,22H,2-3,6-7H2,1H3,(H,23,25). The quantitative estimate of drug-likeness (QED) is 0.772. The zero-order chi connectivity index (χ0) is 17.4. The predicted octanol–water partition coefficient (Wildman–Crippen LogP) is 2.97. The van der Waals surface area contributed by atoms with Crippen molar-refractivity contribution < 1.29 is 4.79 Å². The highest BCUT2D eigenvalue weighted by Gasteiger charge is 2.38. The number of carbonyl (C=O) groups excluding carboxylic acids is 1. The number of aromatic nitrogens is 3. The molecule has 0 aliphatic heterocycles. The maximum absolute atomic E-state index is 12.9. The fourth-order valence-electron chi connectivity index (χ4n) is 3.74. The molecule has 0 atom stereocenters. The lowest BCUT2D eigenvalue weighted by molar-refractivity contribution is 0.0894. The number of amides is 1. The van der Waals surface area contributed by atoms with Crippen molar-refractivity contribution in [3.05, 3.63) is 53.5 Å². The van der Waals surface area contributed by atoms with Crippen LogP contribution in [0.5, 0.6) is 0 Å². The van der Waals surface area contributed by atoms with E-state index in [0.29, 0.717) is 11.3 Å². The lowest BCUT2D eigenvalue weighted by Gasteiger charge is -2.29. The summed E-state index contributed by atoms with van der Waals surface area (Å²) in [6.07, 6.45) is 7.85. The van der Waals surface area contributed by atoms with Crippen molar-refractivity contribution in [2.24, 2.45) is 7.05 Å². The molecule has 0 radical (unpaired) electrons. The first-order valence-electron chi connectivity index (χ1n) is 8.44. The lowest BCUT2D eigenvalue weighted by atomic mass is 9.90. The van der Waals surface area contributed by atoms with Crippen LogP contribution < -0.4 is 5.32 Å². The molecule has 25 heavy (non-hydrogen) atoms. The van der Waals surface area contributed by atoms with E-state index in [1.54, 1.807) is 22.9 Å². The number of nitrogens with one attached hydrogen (secondary N) is 2. The van der Waals surface area contributed by atoms with Gasteiger partial charge in [0.05, 0.1) is 23.4 Å². The van der Waals surface area contributed by atoms with E-state index in [1.807, 2.05) is 25.5 Å². The molecule has 0 saturated heterocycles. The number of hydrogen-bond donors (Lipinski definition) is 2. The number of nitrogens with zero attached hydrogens (tertiary/aromatic N) is 3. The summed E-state index contributed by atoms with van der Waals surface area (Å²) in [6, 6.07) is 9.29. The van der Waals surface area contributed by atoms with Crippen molar-refractivity contribution in [1.82, 2.24) is 20.1 Å². The normalized spacial score (nSPS) is 16.0. The number of fused-ring (bicyclic) bond motifs is 1. The van der Waals surface area contributed by atoms with Crippen LogP contribution in [-0.2, 0) is 12.6 Å². The van der Waals surface area contributed by atoms with Crippen LogP contribution in [-0.4, -0.2) is 20.7 Å². The molecule has 4 rings (SSSR count). The number of benzene rings is 1. The molecule has 1 fully saturated rings. The minimum atomic E-state index is -0.347. The number of hydrogen-bond acceptors (Lipinski definition) is 3. The van der Waals surface area contributed by atoms with Crippen molar-refractivity contribution in [3.63, 3.8) is 0 Å². The van der Waals surface area contributed by atoms with Crippen molar-refractivity contribution in [2.45, 2.75) is 31.2 Å². The van der Waals surface area contributed by atoms with Gasteiger partial charge in [0, 0.05) is 29.7 Å². The van der Waals surface area contributed by atoms with Crippen LogP contribution in [0.1, 0.15) is 47.3 Å². The Bertz CT molecular complexity index is 985. The zero-order valence-corrected chi connectivity index (χ0v) is 14.0. The van der Waals surface area contributed by atoms with Crippen molar-refractivity contribution in [2.75, 3.05) is 0 Å². The highest BCUT2D eigenvalue weighted by molar-refractivity contribution is 5.98. The third kappa shape index (κ3) is 2.68. The van der Waals surface area contributed by atoms with Crippen molar-refractivity contribution >= 4 is 16.8 Å². The van der Waals surface area contributed by atoms with Gasteiger partial charge in [-0.1, -0.05) is 12.8 Å². The minimum absolute atomic E-state index is 0.125. The van der Waals surface area contributed by atoms with E-state index in [4.69, 9.17) is 5.26 Å². The Hall–Kier alpha value is -3.07. The average molecular weight is 333 g/mol. The second-order valence-corrected chi connectivity index (χ2v) is 6.74. The molecule has 6 nitrogen and oxygen atoms in total. The summed E-state index contributed by atoms with van der Waals surface area (Å²) in [5.74, 6) is -0.125. The first-order valence-corrected chi connectivity index (χ1v) is 8.44. The summed E-state index contributed by atoms with van der Waals surface area (Å²) < 4.78 is 1.77. The van der Waals surface area contributed by atoms with Gasteiger partial charge in [-0.15, -0.1) is 0 Å². The van der Waals surface area contributed by atoms with E-state index < -0.39 is 0 Å². The van der Waals surface area contributed by atoms with Gasteiger partial charge in [0.15, 0.2) is 0 Å². The van der Waals surface area contributed by atoms with Crippen LogP contribution in [0.4, 0.5) is 0 Å². The van der Waals surface area contributed by atoms with Crippen LogP contribution in [0.2, 0.25) is 0 Å². The molecule has 1 aliphatic carbocycles. The van der Waals surface area contributed by atoms with E-state index in [1.165, 1.54) is 0 Å². The zero-order valence-electron chi connectivity index (χ0n) is 14.0. The summed E-state index contributed by atoms with van der Waals surface area (Å²) in [5, 5.41) is 17.4. The van der Waals surface area contributed by atoms with E-state index in [2.05, 4.69) is 21.5 Å². The average Bonchev–Trinajstić information content (AvgIpc) is 3.33. The third-order valence-corrected chi connectivity index (χ3v) is 5.06. The fourth-order valence-corrected chi connectivity index (χ4v) is 3.74. The molecule has 1 saturated carbocycles. The summed E-state index contributed by atoms with van der Waals surface area (Å²) in [7, 11) is 1.89. The molecular weight excluding hydrogens is 314 g/mol. The Morgan fingerprint density at radius 2 is 2.16 bits per heavy atom. The fraction of sp³-hybridized carbons (Fsp3) is 0.316. The second-order valence-electron chi connectivity index (χ2n) is 6.74. The lowest BCUT2D eigenvalue weighted by Crippen LogP contribution is -2.43. The smallest absolute Gasteiger partial charge is 0.268 e. The van der Waals surface area contributed by atoms with Gasteiger partial charge in [-0.05, 0) is 37.1 Å². The summed E-state index contributed by atoms with van der Waals surface area (Å²) >= 11 is 0. The summed E-state index contributed by atoms with van der Waals surface area (Å²) in [4.78, 5) is 16.0. The van der Waals surface area contributed by atoms with Gasteiger partial charge in [-0.25, -0.2) is 0 Å². The first-order chi connectivity index (χ1) is 12.1. The Kier molecular flexibility index (Phi) is 3.57. The van der Waals surface area contributed by atoms with Crippen LogP contribution in [0.3, 0.4) is 0 Å². The summed E-state index contributed by atoms with van der Waals surface area (Å²) in [5.41, 5.74) is 2.66. The van der Waals surface area contributed by atoms with Crippen LogP contribution in [0, 0.1) is 11.3 Å². The monoisotopic (exact) mass is 333 g/mol. The van der Waals surface area contributed by atoms with Gasteiger partial charge in [-0.3, -0.25) is 9.48 Å². The molecule has 0 unspecified atom stereocenters. The molecule has 0 spiro atoms. The van der Waals surface area contributed by atoms with E-state index in [9.17, 15) is 4.79 Å². The number of H-pyrrole nitrogens is 1. The van der Waals surface area contributed by atoms with Gasteiger partial charge in [0.2, 0.25) is 0 Å². The molecule has 2 N–H and O–H groups in total. The number of carbonyl (C=O) groups is 1. The van der Waals surface area contributed by atoms with Crippen LogP contribution in [0.25, 0.3) is 10.9 Å². The van der Waals surface area contributed by atoms with Crippen LogP contribution >= 0.6 is 0 Å². The molecule has 126 valence electrons. The van der Waals surface area contributed by atoms with Crippen molar-refractivity contribution in [3.8, 4) is 6.07 Å². The molecule has 6 heteroatoms. The maximum atomic E-state index is 12.9. The van der Waals surface area contributed by atoms with Gasteiger partial charge >= 0.3 is 0 Å². The number of rotatable bonds is 3. The highest BCUT2D eigenvalue weighted by atomic mass is 16.2. The molecule has 1 aromatic carbocycles. The molecular formula is C19H19N5O. The Morgan fingerprint density at radius 3 is 2.84 bits per heavy atom. The SMILES string of the molecule is Cn1cc(C2(NC(=O)c3cc4cc(C#N)ccc4[nH]3)CCCC2)cn1. The molecule has 1 aliphatic rings. The molecule has 0 bridgehead atoms. The Balaban J connectivity index is 1.65. The van der Waals surface area contributed by atoms with E-state index in [-0.39, 0.29) is 11.4 Å². The second kappa shape index (κ2) is 5.78. The number of nitriles is 1. The predicted molar refractivity (Wildman–Crippen MR) is 93.8 cm³/mol. The van der Waals surface area contributed by atoms with Crippen molar-refractivity contribution in [1.29, 1.82) is 5.26 Å². The summed E-state index contributed by atoms with van der Waals surface area (Å²) in [6.45, 7) is 0. The topological polar surface area (TPSA) is 86.5 Å². The van der Waals surface area contributed by atoms with Gasteiger partial charge < -0.3 is 10.3 Å². The highest BCUT2D eigenvalue weighted by Crippen LogP contribution is 2.38. The minimum Gasteiger partial charge on any atom is -0.351 e. The molecule has 1 amide bonds. The van der Waals surface area contributed by atoms with E-state index >= 15 is 0 Å². The van der Waals surface area contributed by atoms with E-state index in [0.717, 1.165) is 42.1 Å². The molecule has 2 heterocycles. The third-order valence-electron chi connectivity index (χ3n) is 5.06. The van der Waals surface area contributed by atoms with Gasteiger partial charge in [-0.2, -0.15) is 10.4 Å². The number of aryl methyl sites for hydroxylation is 1. The Labute approximate surface area is 145 Å². The van der Waals surface area contributed by atoms with Crippen LogP contribution in [0.15, 0.2) is 36.7 Å². The Morgan fingerprint density at radius 1 is 1.36 bits per heavy atom. The maximum Gasteiger partial charge on any atom is 0.268 e. The molecule has 2 aromatic heterocycles. The first kappa shape index (κ1) is 15.5. The van der Waals surface area contributed by atoms with Gasteiger partial charge in [0.25, 0.3) is 5.91 Å².